The minimum absolute atomic E-state index is 0.355. The van der Waals surface area contributed by atoms with Crippen LogP contribution in [0, 0.1) is 5.41 Å². The van der Waals surface area contributed by atoms with E-state index in [4.69, 9.17) is 4.74 Å². The van der Waals surface area contributed by atoms with Gasteiger partial charge in [-0.1, -0.05) is 20.8 Å². The van der Waals surface area contributed by atoms with Gasteiger partial charge in [0.05, 0.1) is 6.10 Å². The average Bonchev–Trinajstić information content (AvgIpc) is 2.26. The predicted molar refractivity (Wildman–Crippen MR) is 66.5 cm³/mol. The normalized spacial score (nSPS) is 20.9. The number of ketones is 1. The second-order valence-corrected chi connectivity index (χ2v) is 5.73. The molecule has 1 fully saturated rings. The van der Waals surface area contributed by atoms with Crippen LogP contribution in [0.4, 0.5) is 0 Å². The maximum atomic E-state index is 11.1. The highest BCUT2D eigenvalue weighted by molar-refractivity contribution is 5.77. The zero-order valence-electron chi connectivity index (χ0n) is 11.1. The molecular weight excluding hydrogens is 200 g/mol. The quantitative estimate of drug-likeness (QED) is 0.645. The molecule has 0 aliphatic heterocycles. The van der Waals surface area contributed by atoms with E-state index >= 15 is 0 Å². The maximum absolute atomic E-state index is 11.1. The van der Waals surface area contributed by atoms with E-state index in [1.54, 1.807) is 0 Å². The van der Waals surface area contributed by atoms with Crippen molar-refractivity contribution in [3.05, 3.63) is 0 Å². The molecule has 0 spiro atoms. The first-order valence-electron chi connectivity index (χ1n) is 6.67. The molecule has 1 aliphatic carbocycles. The van der Waals surface area contributed by atoms with Gasteiger partial charge in [-0.2, -0.15) is 0 Å². The summed E-state index contributed by atoms with van der Waals surface area (Å²) in [6.07, 6.45) is 7.61. The average molecular weight is 226 g/mol. The second-order valence-electron chi connectivity index (χ2n) is 5.73. The highest BCUT2D eigenvalue weighted by Crippen LogP contribution is 2.36. The summed E-state index contributed by atoms with van der Waals surface area (Å²) in [5.41, 5.74) is 0.512. The molecule has 2 heteroatoms. The lowest BCUT2D eigenvalue weighted by Crippen LogP contribution is -2.26. The number of ether oxygens (including phenoxy) is 1. The van der Waals surface area contributed by atoms with Gasteiger partial charge < -0.3 is 4.74 Å². The molecule has 0 atom stereocenters. The van der Waals surface area contributed by atoms with E-state index < -0.39 is 0 Å². The number of hydrogen-bond donors (Lipinski definition) is 0. The summed E-state index contributed by atoms with van der Waals surface area (Å²) in [7, 11) is 0. The van der Waals surface area contributed by atoms with E-state index in [0.717, 1.165) is 13.0 Å². The van der Waals surface area contributed by atoms with Crippen LogP contribution in [0.2, 0.25) is 0 Å². The van der Waals surface area contributed by atoms with Gasteiger partial charge in [0.25, 0.3) is 0 Å². The van der Waals surface area contributed by atoms with Crippen molar-refractivity contribution in [1.29, 1.82) is 0 Å². The van der Waals surface area contributed by atoms with Crippen LogP contribution in [0.25, 0.3) is 0 Å². The van der Waals surface area contributed by atoms with E-state index in [2.05, 4.69) is 13.8 Å². The fraction of sp³-hybridized carbons (Fsp3) is 0.929. The first kappa shape index (κ1) is 13.7. The fourth-order valence-electron chi connectivity index (χ4n) is 2.24. The van der Waals surface area contributed by atoms with Crippen molar-refractivity contribution in [2.75, 3.05) is 6.61 Å². The van der Waals surface area contributed by atoms with Gasteiger partial charge in [-0.25, -0.2) is 0 Å². The van der Waals surface area contributed by atoms with Crippen LogP contribution in [-0.2, 0) is 9.53 Å². The van der Waals surface area contributed by atoms with Gasteiger partial charge in [0.15, 0.2) is 0 Å². The van der Waals surface area contributed by atoms with E-state index in [-0.39, 0.29) is 0 Å². The fourth-order valence-corrected chi connectivity index (χ4v) is 2.24. The van der Waals surface area contributed by atoms with Crippen molar-refractivity contribution in [2.45, 2.75) is 71.8 Å². The second kappa shape index (κ2) is 6.39. The minimum Gasteiger partial charge on any atom is -0.378 e. The lowest BCUT2D eigenvalue weighted by atomic mass is 9.76. The number of Topliss-reactive ketones (excluding diaryl/α,β-unsaturated/α-hetero) is 1. The van der Waals surface area contributed by atoms with Crippen LogP contribution in [-0.4, -0.2) is 18.5 Å². The number of carbonyl (C=O) groups is 1. The Kier molecular flexibility index (Phi) is 5.47. The number of hydrogen-bond acceptors (Lipinski definition) is 2. The first-order valence-corrected chi connectivity index (χ1v) is 6.67. The Labute approximate surface area is 99.8 Å². The number of rotatable bonds is 6. The Hall–Kier alpha value is -0.370. The summed E-state index contributed by atoms with van der Waals surface area (Å²) in [4.78, 5) is 11.1. The molecule has 0 aromatic rings. The molecule has 0 radical (unpaired) electrons. The molecule has 0 bridgehead atoms. The summed E-state index contributed by atoms with van der Waals surface area (Å²) < 4.78 is 5.82. The van der Waals surface area contributed by atoms with E-state index in [0.29, 0.717) is 30.1 Å². The monoisotopic (exact) mass is 226 g/mol. The highest BCUT2D eigenvalue weighted by Gasteiger charge is 2.26. The summed E-state index contributed by atoms with van der Waals surface area (Å²) in [6.45, 7) is 7.36. The minimum atomic E-state index is 0.355. The molecule has 16 heavy (non-hydrogen) atoms. The van der Waals surface area contributed by atoms with E-state index in [9.17, 15) is 4.79 Å². The molecule has 0 N–H and O–H groups in total. The predicted octanol–water partition coefficient (Wildman–Crippen LogP) is 3.73. The molecule has 0 amide bonds. The van der Waals surface area contributed by atoms with Crippen molar-refractivity contribution in [2.24, 2.45) is 5.41 Å². The topological polar surface area (TPSA) is 26.3 Å². The standard InChI is InChI=1S/C14H26O2/c1-4-12(15)6-5-11-16-13-7-9-14(2,3)10-8-13/h13H,4-11H2,1-3H3. The Morgan fingerprint density at radius 2 is 1.94 bits per heavy atom. The zero-order valence-corrected chi connectivity index (χ0v) is 11.1. The van der Waals surface area contributed by atoms with Gasteiger partial charge in [0.2, 0.25) is 0 Å². The Balaban J connectivity index is 2.04. The summed E-state index contributed by atoms with van der Waals surface area (Å²) in [5, 5.41) is 0. The van der Waals surface area contributed by atoms with Crippen molar-refractivity contribution in [3.63, 3.8) is 0 Å². The maximum Gasteiger partial charge on any atom is 0.132 e. The highest BCUT2D eigenvalue weighted by atomic mass is 16.5. The number of carbonyl (C=O) groups excluding carboxylic acids is 1. The molecule has 0 aromatic heterocycles. The van der Waals surface area contributed by atoms with Crippen LogP contribution >= 0.6 is 0 Å². The largest absolute Gasteiger partial charge is 0.378 e. The summed E-state index contributed by atoms with van der Waals surface area (Å²) >= 11 is 0. The first-order chi connectivity index (χ1) is 7.53. The molecule has 2 nitrogen and oxygen atoms in total. The van der Waals surface area contributed by atoms with Crippen molar-refractivity contribution in [1.82, 2.24) is 0 Å². The molecule has 0 aromatic carbocycles. The Morgan fingerprint density at radius 3 is 2.50 bits per heavy atom. The lowest BCUT2D eigenvalue weighted by Gasteiger charge is -2.34. The SMILES string of the molecule is CCC(=O)CCCOC1CCC(C)(C)CC1. The van der Waals surface area contributed by atoms with Gasteiger partial charge in [-0.15, -0.1) is 0 Å². The molecule has 0 unspecified atom stereocenters. The zero-order chi connectivity index (χ0) is 12.0. The van der Waals surface area contributed by atoms with Gasteiger partial charge in [-0.05, 0) is 37.5 Å². The van der Waals surface area contributed by atoms with Gasteiger partial charge in [0.1, 0.15) is 5.78 Å². The Bertz CT molecular complexity index is 211. The lowest BCUT2D eigenvalue weighted by molar-refractivity contribution is -0.119. The third kappa shape index (κ3) is 5.11. The third-order valence-electron chi connectivity index (χ3n) is 3.63. The van der Waals surface area contributed by atoms with Crippen molar-refractivity contribution in [3.8, 4) is 0 Å². The van der Waals surface area contributed by atoms with Crippen LogP contribution in [0.3, 0.4) is 0 Å². The van der Waals surface area contributed by atoms with Gasteiger partial charge in [0, 0.05) is 19.4 Å². The van der Waals surface area contributed by atoms with E-state index in [1.807, 2.05) is 6.92 Å². The molecule has 94 valence electrons. The van der Waals surface area contributed by atoms with Gasteiger partial charge in [-0.3, -0.25) is 4.79 Å². The summed E-state index contributed by atoms with van der Waals surface area (Å²) in [6, 6.07) is 0. The third-order valence-corrected chi connectivity index (χ3v) is 3.63. The molecule has 0 heterocycles. The molecule has 1 aliphatic rings. The van der Waals surface area contributed by atoms with Crippen LogP contribution < -0.4 is 0 Å². The van der Waals surface area contributed by atoms with E-state index in [1.165, 1.54) is 25.7 Å². The molecule has 1 saturated carbocycles. The van der Waals surface area contributed by atoms with Crippen molar-refractivity contribution >= 4 is 5.78 Å². The van der Waals surface area contributed by atoms with Gasteiger partial charge >= 0.3 is 0 Å². The molecular formula is C14H26O2. The van der Waals surface area contributed by atoms with Crippen molar-refractivity contribution < 1.29 is 9.53 Å². The Morgan fingerprint density at radius 1 is 1.31 bits per heavy atom. The smallest absolute Gasteiger partial charge is 0.132 e. The van der Waals surface area contributed by atoms with Crippen LogP contribution in [0.5, 0.6) is 0 Å². The van der Waals surface area contributed by atoms with Crippen LogP contribution in [0.15, 0.2) is 0 Å². The molecule has 0 saturated heterocycles. The molecule has 1 rings (SSSR count). The summed E-state index contributed by atoms with van der Waals surface area (Å²) in [5.74, 6) is 0.355. The van der Waals surface area contributed by atoms with Crippen LogP contribution in [0.1, 0.15) is 65.7 Å².